The Hall–Kier alpha value is -2.17. The fourth-order valence-electron chi connectivity index (χ4n) is 3.93. The summed E-state index contributed by atoms with van der Waals surface area (Å²) in [6, 6.07) is 6.83. The highest BCUT2D eigenvalue weighted by molar-refractivity contribution is 5.83. The largest absolute Gasteiger partial charge is 0.342 e. The van der Waals surface area contributed by atoms with E-state index in [0.717, 1.165) is 32.4 Å². The Labute approximate surface area is 141 Å². The third kappa shape index (κ3) is 2.95. The van der Waals surface area contributed by atoms with E-state index in [0.29, 0.717) is 11.5 Å². The average Bonchev–Trinajstić information content (AvgIpc) is 3.04. The average molecular weight is 327 g/mol. The van der Waals surface area contributed by atoms with E-state index in [9.17, 15) is 9.18 Å². The Morgan fingerprint density at radius 3 is 2.96 bits per heavy atom. The molecular weight excluding hydrogens is 305 g/mol. The van der Waals surface area contributed by atoms with Crippen molar-refractivity contribution in [2.24, 2.45) is 18.9 Å². The maximum Gasteiger partial charge on any atom is 0.226 e. The number of nitrogens with zero attached hydrogens (tertiary/aromatic N) is 3. The molecule has 2 aliphatic rings. The molecule has 5 heteroatoms. The molecule has 3 atom stereocenters. The lowest BCUT2D eigenvalue weighted by Crippen LogP contribution is -2.30. The topological polar surface area (TPSA) is 38.1 Å². The van der Waals surface area contributed by atoms with E-state index in [1.807, 2.05) is 41.2 Å². The standard InChI is InChI=1S/C19H22FN3O/c1-22-11-14(10-21-22)8-13-6-7-23(12-13)19(24)17-9-16(17)15-4-2-3-5-18(15)20/h2-5,10-11,13,16-17H,6-9,12H2,1H3/t13-,16-,17-/m0/s1. The minimum Gasteiger partial charge on any atom is -0.342 e. The Morgan fingerprint density at radius 1 is 1.38 bits per heavy atom. The summed E-state index contributed by atoms with van der Waals surface area (Å²) >= 11 is 0. The lowest BCUT2D eigenvalue weighted by Gasteiger charge is -2.16. The normalized spacial score (nSPS) is 25.9. The van der Waals surface area contributed by atoms with Gasteiger partial charge in [-0.15, -0.1) is 0 Å². The molecule has 0 bridgehead atoms. The van der Waals surface area contributed by atoms with Crippen molar-refractivity contribution in [3.63, 3.8) is 0 Å². The monoisotopic (exact) mass is 327 g/mol. The summed E-state index contributed by atoms with van der Waals surface area (Å²) in [5.41, 5.74) is 1.93. The van der Waals surface area contributed by atoms with E-state index >= 15 is 0 Å². The van der Waals surface area contributed by atoms with E-state index in [4.69, 9.17) is 0 Å². The second-order valence-corrected chi connectivity index (χ2v) is 7.14. The van der Waals surface area contributed by atoms with Gasteiger partial charge in [-0.2, -0.15) is 5.10 Å². The molecule has 1 saturated carbocycles. The highest BCUT2D eigenvalue weighted by atomic mass is 19.1. The highest BCUT2D eigenvalue weighted by Crippen LogP contribution is 2.49. The van der Waals surface area contributed by atoms with Crippen LogP contribution in [0.1, 0.15) is 29.9 Å². The zero-order valence-corrected chi connectivity index (χ0v) is 13.9. The smallest absolute Gasteiger partial charge is 0.226 e. The summed E-state index contributed by atoms with van der Waals surface area (Å²) < 4.78 is 15.7. The van der Waals surface area contributed by atoms with Crippen molar-refractivity contribution >= 4 is 5.91 Å². The molecule has 4 rings (SSSR count). The van der Waals surface area contributed by atoms with Crippen LogP contribution in [0.15, 0.2) is 36.7 Å². The van der Waals surface area contributed by atoms with Crippen molar-refractivity contribution < 1.29 is 9.18 Å². The lowest BCUT2D eigenvalue weighted by atomic mass is 10.0. The van der Waals surface area contributed by atoms with Crippen molar-refractivity contribution in [1.82, 2.24) is 14.7 Å². The number of carbonyl (C=O) groups is 1. The Kier molecular flexibility index (Phi) is 3.87. The summed E-state index contributed by atoms with van der Waals surface area (Å²) in [4.78, 5) is 14.7. The third-order valence-corrected chi connectivity index (χ3v) is 5.29. The predicted octanol–water partition coefficient (Wildman–Crippen LogP) is 2.75. The fourth-order valence-corrected chi connectivity index (χ4v) is 3.93. The minimum absolute atomic E-state index is 0.0287. The number of rotatable bonds is 4. The van der Waals surface area contributed by atoms with Crippen LogP contribution in [0.25, 0.3) is 0 Å². The van der Waals surface area contributed by atoms with Crippen LogP contribution in [-0.4, -0.2) is 33.7 Å². The lowest BCUT2D eigenvalue weighted by molar-refractivity contribution is -0.131. The van der Waals surface area contributed by atoms with Gasteiger partial charge in [-0.3, -0.25) is 9.48 Å². The highest BCUT2D eigenvalue weighted by Gasteiger charge is 2.47. The van der Waals surface area contributed by atoms with E-state index in [1.54, 1.807) is 6.07 Å². The van der Waals surface area contributed by atoms with Crippen LogP contribution >= 0.6 is 0 Å². The van der Waals surface area contributed by atoms with E-state index in [1.165, 1.54) is 11.6 Å². The van der Waals surface area contributed by atoms with Crippen molar-refractivity contribution in [2.75, 3.05) is 13.1 Å². The molecule has 1 aliphatic heterocycles. The van der Waals surface area contributed by atoms with Gasteiger partial charge in [0.15, 0.2) is 0 Å². The fraction of sp³-hybridized carbons (Fsp3) is 0.474. The Bertz CT molecular complexity index is 757. The first kappa shape index (κ1) is 15.4. The molecule has 126 valence electrons. The van der Waals surface area contributed by atoms with Gasteiger partial charge in [0, 0.05) is 32.3 Å². The SMILES string of the molecule is Cn1cc(C[C@@H]2CCN(C(=O)[C@H]3C[C@H]3c3ccccc3F)C2)cn1. The number of likely N-dealkylation sites (tertiary alicyclic amines) is 1. The summed E-state index contributed by atoms with van der Waals surface area (Å²) in [7, 11) is 1.92. The molecule has 2 aromatic rings. The van der Waals surface area contributed by atoms with Crippen LogP contribution in [0, 0.1) is 17.7 Å². The van der Waals surface area contributed by atoms with Gasteiger partial charge in [-0.1, -0.05) is 18.2 Å². The second kappa shape index (κ2) is 6.04. The van der Waals surface area contributed by atoms with Gasteiger partial charge in [0.25, 0.3) is 0 Å². The zero-order chi connectivity index (χ0) is 16.7. The van der Waals surface area contributed by atoms with E-state index in [-0.39, 0.29) is 23.6 Å². The Morgan fingerprint density at radius 2 is 2.21 bits per heavy atom. The molecule has 1 aromatic carbocycles. The van der Waals surface area contributed by atoms with Gasteiger partial charge in [0.2, 0.25) is 5.91 Å². The molecule has 2 heterocycles. The summed E-state index contributed by atoms with van der Waals surface area (Å²) in [6.07, 6.45) is 6.74. The van der Waals surface area contributed by atoms with Gasteiger partial charge in [0.05, 0.1) is 6.20 Å². The van der Waals surface area contributed by atoms with Gasteiger partial charge < -0.3 is 4.90 Å². The van der Waals surface area contributed by atoms with Crippen molar-refractivity contribution in [3.8, 4) is 0 Å². The van der Waals surface area contributed by atoms with Crippen molar-refractivity contribution in [1.29, 1.82) is 0 Å². The van der Waals surface area contributed by atoms with Crippen LogP contribution in [0.2, 0.25) is 0 Å². The molecular formula is C19H22FN3O. The molecule has 0 N–H and O–H groups in total. The van der Waals surface area contributed by atoms with Crippen molar-refractivity contribution in [3.05, 3.63) is 53.6 Å². The van der Waals surface area contributed by atoms with Gasteiger partial charge in [-0.25, -0.2) is 4.39 Å². The molecule has 1 amide bonds. The molecule has 1 saturated heterocycles. The van der Waals surface area contributed by atoms with E-state index in [2.05, 4.69) is 5.10 Å². The molecule has 2 fully saturated rings. The first-order valence-electron chi connectivity index (χ1n) is 8.62. The first-order chi connectivity index (χ1) is 11.6. The molecule has 0 radical (unpaired) electrons. The number of carbonyl (C=O) groups excluding carboxylic acids is 1. The molecule has 0 spiro atoms. The van der Waals surface area contributed by atoms with E-state index < -0.39 is 0 Å². The number of aryl methyl sites for hydroxylation is 1. The maximum atomic E-state index is 13.9. The van der Waals surface area contributed by atoms with Crippen molar-refractivity contribution in [2.45, 2.75) is 25.2 Å². The minimum atomic E-state index is -0.186. The number of hydrogen-bond donors (Lipinski definition) is 0. The molecule has 24 heavy (non-hydrogen) atoms. The number of hydrogen-bond acceptors (Lipinski definition) is 2. The second-order valence-electron chi connectivity index (χ2n) is 7.14. The number of aromatic nitrogens is 2. The zero-order valence-electron chi connectivity index (χ0n) is 13.9. The van der Waals surface area contributed by atoms with Crippen LogP contribution in [0.3, 0.4) is 0 Å². The van der Waals surface area contributed by atoms with Gasteiger partial charge in [0.1, 0.15) is 5.82 Å². The number of halogens is 1. The van der Waals surface area contributed by atoms with Gasteiger partial charge >= 0.3 is 0 Å². The summed E-state index contributed by atoms with van der Waals surface area (Å²) in [5, 5.41) is 4.20. The predicted molar refractivity (Wildman–Crippen MR) is 88.8 cm³/mol. The summed E-state index contributed by atoms with van der Waals surface area (Å²) in [6.45, 7) is 1.64. The first-order valence-corrected chi connectivity index (χ1v) is 8.62. The number of benzene rings is 1. The summed E-state index contributed by atoms with van der Waals surface area (Å²) in [5.74, 6) is 0.560. The third-order valence-electron chi connectivity index (χ3n) is 5.29. The molecule has 1 aromatic heterocycles. The van der Waals surface area contributed by atoms with Crippen LogP contribution in [0.4, 0.5) is 4.39 Å². The quantitative estimate of drug-likeness (QED) is 0.866. The molecule has 0 unspecified atom stereocenters. The van der Waals surface area contributed by atoms with Crippen LogP contribution < -0.4 is 0 Å². The van der Waals surface area contributed by atoms with Crippen LogP contribution in [0.5, 0.6) is 0 Å². The van der Waals surface area contributed by atoms with Crippen LogP contribution in [-0.2, 0) is 18.3 Å². The molecule has 4 nitrogen and oxygen atoms in total. The maximum absolute atomic E-state index is 13.9. The van der Waals surface area contributed by atoms with Gasteiger partial charge in [-0.05, 0) is 48.3 Å². The Balaban J connectivity index is 1.34. The molecule has 1 aliphatic carbocycles. The number of amides is 1.